The molecular formula is C15H28N2OS. The number of carbonyl (C=O) groups is 1. The Morgan fingerprint density at radius 1 is 0.947 bits per heavy atom. The average Bonchev–Trinajstić information content (AvgIpc) is 2.49. The molecule has 3 nitrogen and oxygen atoms in total. The van der Waals surface area contributed by atoms with Crippen molar-refractivity contribution in [3.05, 3.63) is 0 Å². The highest BCUT2D eigenvalue weighted by molar-refractivity contribution is 7.78. The molecule has 0 radical (unpaired) electrons. The minimum Gasteiger partial charge on any atom is -0.318 e. The molecule has 0 saturated heterocycles. The van der Waals surface area contributed by atoms with E-state index in [9.17, 15) is 4.79 Å². The van der Waals surface area contributed by atoms with E-state index in [4.69, 9.17) is 0 Å². The van der Waals surface area contributed by atoms with Crippen LogP contribution in [0.1, 0.15) is 71.1 Å². The van der Waals surface area contributed by atoms with Gasteiger partial charge in [0.1, 0.15) is 0 Å². The maximum atomic E-state index is 12.6. The number of hydrogen-bond acceptors (Lipinski definition) is 2. The van der Waals surface area contributed by atoms with Crippen LogP contribution in [0.25, 0.3) is 0 Å². The molecule has 0 aromatic heterocycles. The topological polar surface area (TPSA) is 23.6 Å². The summed E-state index contributed by atoms with van der Waals surface area (Å²) in [4.78, 5) is 14.9. The van der Waals surface area contributed by atoms with Crippen molar-refractivity contribution in [2.45, 2.75) is 83.2 Å². The first-order valence-electron chi connectivity index (χ1n) is 8.02. The molecule has 2 rings (SSSR count). The molecule has 110 valence electrons. The SMILES string of the molecule is CCN(S)C(=O)N(C1CCCCC1)C1CCCCC1. The molecule has 0 N–H and O–H groups in total. The third-order valence-electron chi connectivity index (χ3n) is 4.68. The Bertz CT molecular complexity index is 268. The van der Waals surface area contributed by atoms with Crippen molar-refractivity contribution in [1.29, 1.82) is 0 Å². The molecule has 0 unspecified atom stereocenters. The Labute approximate surface area is 123 Å². The normalized spacial score (nSPS) is 22.2. The van der Waals surface area contributed by atoms with E-state index >= 15 is 0 Å². The van der Waals surface area contributed by atoms with E-state index in [1.807, 2.05) is 6.92 Å². The highest BCUT2D eigenvalue weighted by atomic mass is 32.1. The zero-order valence-electron chi connectivity index (χ0n) is 12.2. The van der Waals surface area contributed by atoms with Gasteiger partial charge in [-0.3, -0.25) is 4.31 Å². The van der Waals surface area contributed by atoms with Crippen LogP contribution in [-0.4, -0.2) is 33.9 Å². The van der Waals surface area contributed by atoms with Crippen LogP contribution in [0.3, 0.4) is 0 Å². The zero-order chi connectivity index (χ0) is 13.7. The summed E-state index contributed by atoms with van der Waals surface area (Å²) in [6.07, 6.45) is 12.5. The maximum Gasteiger partial charge on any atom is 0.330 e. The summed E-state index contributed by atoms with van der Waals surface area (Å²) in [7, 11) is 0. The lowest BCUT2D eigenvalue weighted by molar-refractivity contribution is 0.0948. The molecule has 2 amide bonds. The van der Waals surface area contributed by atoms with Gasteiger partial charge in [-0.05, 0) is 32.6 Å². The second kappa shape index (κ2) is 7.41. The van der Waals surface area contributed by atoms with Crippen molar-refractivity contribution in [3.63, 3.8) is 0 Å². The van der Waals surface area contributed by atoms with Gasteiger partial charge < -0.3 is 4.90 Å². The van der Waals surface area contributed by atoms with Crippen molar-refractivity contribution in [2.24, 2.45) is 0 Å². The predicted molar refractivity (Wildman–Crippen MR) is 82.3 cm³/mol. The fourth-order valence-corrected chi connectivity index (χ4v) is 3.70. The summed E-state index contributed by atoms with van der Waals surface area (Å²) in [6.45, 7) is 2.67. The molecule has 0 spiro atoms. The average molecular weight is 284 g/mol. The van der Waals surface area contributed by atoms with E-state index in [1.165, 1.54) is 64.2 Å². The number of urea groups is 1. The van der Waals surface area contributed by atoms with Crippen LogP contribution < -0.4 is 0 Å². The van der Waals surface area contributed by atoms with Crippen LogP contribution in [0.4, 0.5) is 4.79 Å². The molecule has 0 heterocycles. The number of amides is 2. The molecule has 2 aliphatic carbocycles. The molecule has 2 aliphatic rings. The van der Waals surface area contributed by atoms with Gasteiger partial charge in [-0.25, -0.2) is 4.79 Å². The van der Waals surface area contributed by atoms with Gasteiger partial charge in [0.05, 0.1) is 0 Å². The van der Waals surface area contributed by atoms with Gasteiger partial charge in [0.2, 0.25) is 0 Å². The maximum absolute atomic E-state index is 12.6. The summed E-state index contributed by atoms with van der Waals surface area (Å²) in [5.74, 6) is 0. The van der Waals surface area contributed by atoms with E-state index in [-0.39, 0.29) is 6.03 Å². The van der Waals surface area contributed by atoms with Crippen LogP contribution >= 0.6 is 12.8 Å². The van der Waals surface area contributed by atoms with E-state index in [1.54, 1.807) is 4.31 Å². The number of carbonyl (C=O) groups excluding carboxylic acids is 1. The van der Waals surface area contributed by atoms with Crippen molar-refractivity contribution in [1.82, 2.24) is 9.21 Å². The van der Waals surface area contributed by atoms with Gasteiger partial charge in [0, 0.05) is 18.6 Å². The molecule has 2 fully saturated rings. The Morgan fingerprint density at radius 3 is 1.74 bits per heavy atom. The minimum absolute atomic E-state index is 0.143. The molecule has 4 heteroatoms. The van der Waals surface area contributed by atoms with Gasteiger partial charge in [-0.15, -0.1) is 0 Å². The molecular weight excluding hydrogens is 256 g/mol. The first-order valence-corrected chi connectivity index (χ1v) is 8.42. The zero-order valence-corrected chi connectivity index (χ0v) is 13.1. The molecule has 0 atom stereocenters. The van der Waals surface area contributed by atoms with E-state index in [0.717, 1.165) is 0 Å². The first kappa shape index (κ1) is 15.0. The van der Waals surface area contributed by atoms with Crippen molar-refractivity contribution >= 4 is 18.8 Å². The monoisotopic (exact) mass is 284 g/mol. The van der Waals surface area contributed by atoms with Crippen LogP contribution in [0.5, 0.6) is 0 Å². The summed E-state index contributed by atoms with van der Waals surface area (Å²) in [5, 5.41) is 0. The fourth-order valence-electron chi connectivity index (χ4n) is 3.60. The third-order valence-corrected chi connectivity index (χ3v) is 5.13. The molecule has 0 aliphatic heterocycles. The standard InChI is InChI=1S/C15H28N2OS/c1-2-16(19)15(18)17(13-9-5-3-6-10-13)14-11-7-4-8-12-14/h13-14,19H,2-12H2,1H3. The fraction of sp³-hybridized carbons (Fsp3) is 0.933. The second-order valence-corrected chi connectivity index (χ2v) is 6.47. The highest BCUT2D eigenvalue weighted by Crippen LogP contribution is 2.31. The second-order valence-electron chi connectivity index (χ2n) is 5.99. The summed E-state index contributed by atoms with van der Waals surface area (Å²) in [6, 6.07) is 1.07. The Kier molecular flexibility index (Phi) is 5.86. The quantitative estimate of drug-likeness (QED) is 0.770. The minimum atomic E-state index is 0.143. The van der Waals surface area contributed by atoms with Gasteiger partial charge in [-0.2, -0.15) is 0 Å². The Balaban J connectivity index is 2.08. The van der Waals surface area contributed by atoms with Gasteiger partial charge in [0.25, 0.3) is 0 Å². The molecule has 0 aromatic rings. The van der Waals surface area contributed by atoms with Crippen LogP contribution in [0.15, 0.2) is 0 Å². The van der Waals surface area contributed by atoms with E-state index in [0.29, 0.717) is 18.6 Å². The largest absolute Gasteiger partial charge is 0.330 e. The van der Waals surface area contributed by atoms with Gasteiger partial charge >= 0.3 is 6.03 Å². The predicted octanol–water partition coefficient (Wildman–Crippen LogP) is 4.24. The van der Waals surface area contributed by atoms with Gasteiger partial charge in [-0.1, -0.05) is 51.3 Å². The lowest BCUT2D eigenvalue weighted by Gasteiger charge is -2.42. The number of nitrogens with zero attached hydrogens (tertiary/aromatic N) is 2. The molecule has 19 heavy (non-hydrogen) atoms. The Hall–Kier alpha value is -0.380. The summed E-state index contributed by atoms with van der Waals surface area (Å²) < 4.78 is 1.59. The number of rotatable bonds is 3. The first-order chi connectivity index (χ1) is 9.24. The van der Waals surface area contributed by atoms with Crippen LogP contribution in [-0.2, 0) is 0 Å². The highest BCUT2D eigenvalue weighted by Gasteiger charge is 2.33. The lowest BCUT2D eigenvalue weighted by Crippen LogP contribution is -2.52. The van der Waals surface area contributed by atoms with Crippen molar-refractivity contribution < 1.29 is 4.79 Å². The van der Waals surface area contributed by atoms with Gasteiger partial charge in [0.15, 0.2) is 0 Å². The number of thiol groups is 1. The molecule has 2 saturated carbocycles. The Morgan fingerprint density at radius 2 is 1.37 bits per heavy atom. The van der Waals surface area contributed by atoms with E-state index in [2.05, 4.69) is 17.7 Å². The van der Waals surface area contributed by atoms with E-state index < -0.39 is 0 Å². The number of hydrogen-bond donors (Lipinski definition) is 1. The lowest BCUT2D eigenvalue weighted by atomic mass is 9.89. The summed E-state index contributed by atoms with van der Waals surface area (Å²) in [5.41, 5.74) is 0. The van der Waals surface area contributed by atoms with Crippen molar-refractivity contribution in [3.8, 4) is 0 Å². The molecule has 0 aromatic carbocycles. The van der Waals surface area contributed by atoms with Crippen molar-refractivity contribution in [2.75, 3.05) is 6.54 Å². The molecule has 0 bridgehead atoms. The van der Waals surface area contributed by atoms with Crippen LogP contribution in [0, 0.1) is 0 Å². The third kappa shape index (κ3) is 3.80. The summed E-state index contributed by atoms with van der Waals surface area (Å²) >= 11 is 4.35. The van der Waals surface area contributed by atoms with Crippen LogP contribution in [0.2, 0.25) is 0 Å². The smallest absolute Gasteiger partial charge is 0.318 e.